The fraction of sp³-hybridized carbons (Fsp3) is 0.467. The van der Waals surface area contributed by atoms with Gasteiger partial charge in [-0.05, 0) is 44.5 Å². The van der Waals surface area contributed by atoms with Crippen molar-refractivity contribution in [2.45, 2.75) is 37.6 Å². The van der Waals surface area contributed by atoms with E-state index in [1.165, 1.54) is 11.8 Å². The minimum absolute atomic E-state index is 0.0630. The van der Waals surface area contributed by atoms with E-state index >= 15 is 0 Å². The molecule has 0 aliphatic carbocycles. The zero-order chi connectivity index (χ0) is 15.7. The number of hydrogen-bond donors (Lipinski definition) is 2. The number of thioether (sulfide) groups is 1. The van der Waals surface area contributed by atoms with Gasteiger partial charge in [-0.2, -0.15) is 0 Å². The van der Waals surface area contributed by atoms with E-state index in [4.69, 9.17) is 9.84 Å². The van der Waals surface area contributed by atoms with Gasteiger partial charge >= 0.3 is 5.97 Å². The van der Waals surface area contributed by atoms with Crippen molar-refractivity contribution in [3.63, 3.8) is 0 Å². The van der Waals surface area contributed by atoms with Crippen LogP contribution in [-0.2, 0) is 9.59 Å². The van der Waals surface area contributed by atoms with Crippen LogP contribution in [0.1, 0.15) is 26.7 Å². The van der Waals surface area contributed by atoms with Crippen LogP contribution in [-0.4, -0.2) is 35.4 Å². The Hall–Kier alpha value is -1.69. The Kier molecular flexibility index (Phi) is 7.68. The standard InChI is InChI=1S/C15H21NO4S/c1-3-20-12-5-7-13(8-6-12)21-10-14(17)16-11(2)4-9-15(18)19/h5-8,11H,3-4,9-10H2,1-2H3,(H,16,17)(H,18,19). The van der Waals surface area contributed by atoms with Gasteiger partial charge in [0.15, 0.2) is 0 Å². The second-order valence-electron chi connectivity index (χ2n) is 4.59. The normalized spacial score (nSPS) is 11.7. The fourth-order valence-electron chi connectivity index (χ4n) is 1.68. The van der Waals surface area contributed by atoms with Gasteiger partial charge in [-0.25, -0.2) is 0 Å². The van der Waals surface area contributed by atoms with E-state index in [2.05, 4.69) is 5.32 Å². The average Bonchev–Trinajstić information content (AvgIpc) is 2.45. The maximum absolute atomic E-state index is 11.7. The van der Waals surface area contributed by atoms with E-state index in [-0.39, 0.29) is 18.4 Å². The lowest BCUT2D eigenvalue weighted by molar-refractivity contribution is -0.137. The fourth-order valence-corrected chi connectivity index (χ4v) is 2.39. The summed E-state index contributed by atoms with van der Waals surface area (Å²) >= 11 is 1.44. The summed E-state index contributed by atoms with van der Waals surface area (Å²) in [6.45, 7) is 4.37. The quantitative estimate of drug-likeness (QED) is 0.685. The summed E-state index contributed by atoms with van der Waals surface area (Å²) in [5.41, 5.74) is 0. The lowest BCUT2D eigenvalue weighted by Gasteiger charge is -2.12. The van der Waals surface area contributed by atoms with E-state index in [0.717, 1.165) is 10.6 Å². The highest BCUT2D eigenvalue weighted by atomic mass is 32.2. The van der Waals surface area contributed by atoms with Gasteiger partial charge in [0, 0.05) is 17.4 Å². The molecule has 1 aromatic carbocycles. The number of carboxylic acids is 1. The Morgan fingerprint density at radius 3 is 2.57 bits per heavy atom. The van der Waals surface area contributed by atoms with Crippen molar-refractivity contribution in [3.8, 4) is 5.75 Å². The monoisotopic (exact) mass is 311 g/mol. The number of rotatable bonds is 9. The van der Waals surface area contributed by atoms with Crippen LogP contribution in [0, 0.1) is 0 Å². The molecule has 0 spiro atoms. The topological polar surface area (TPSA) is 75.6 Å². The second-order valence-corrected chi connectivity index (χ2v) is 5.64. The summed E-state index contributed by atoms with van der Waals surface area (Å²) in [5.74, 6) is 0.186. The number of hydrogen-bond acceptors (Lipinski definition) is 4. The van der Waals surface area contributed by atoms with Crippen molar-refractivity contribution >= 4 is 23.6 Å². The van der Waals surface area contributed by atoms with Crippen LogP contribution < -0.4 is 10.1 Å². The van der Waals surface area contributed by atoms with E-state index in [9.17, 15) is 9.59 Å². The molecule has 2 N–H and O–H groups in total. The molecule has 5 nitrogen and oxygen atoms in total. The molecule has 0 heterocycles. The molecule has 1 unspecified atom stereocenters. The van der Waals surface area contributed by atoms with Crippen LogP contribution in [0.5, 0.6) is 5.75 Å². The first-order valence-electron chi connectivity index (χ1n) is 6.88. The number of carboxylic acid groups (broad SMARTS) is 1. The number of ether oxygens (including phenoxy) is 1. The van der Waals surface area contributed by atoms with Crippen molar-refractivity contribution in [1.29, 1.82) is 0 Å². The molecule has 21 heavy (non-hydrogen) atoms. The molecule has 1 rings (SSSR count). The molecular formula is C15H21NO4S. The van der Waals surface area contributed by atoms with Crippen LogP contribution in [0.2, 0.25) is 0 Å². The number of carbonyl (C=O) groups is 2. The summed E-state index contributed by atoms with van der Waals surface area (Å²) in [6.07, 6.45) is 0.502. The largest absolute Gasteiger partial charge is 0.494 e. The molecule has 116 valence electrons. The molecule has 6 heteroatoms. The van der Waals surface area contributed by atoms with Crippen LogP contribution in [0.4, 0.5) is 0 Å². The molecule has 1 atom stereocenters. The number of carbonyl (C=O) groups excluding carboxylic acids is 1. The van der Waals surface area contributed by atoms with Gasteiger partial charge in [-0.1, -0.05) is 0 Å². The third kappa shape index (κ3) is 7.60. The van der Waals surface area contributed by atoms with E-state index in [0.29, 0.717) is 18.8 Å². The van der Waals surface area contributed by atoms with Crippen molar-refractivity contribution < 1.29 is 19.4 Å². The molecule has 1 aromatic rings. The highest BCUT2D eigenvalue weighted by Gasteiger charge is 2.09. The molecule has 0 radical (unpaired) electrons. The van der Waals surface area contributed by atoms with E-state index in [1.54, 1.807) is 0 Å². The molecule has 0 saturated carbocycles. The minimum Gasteiger partial charge on any atom is -0.494 e. The van der Waals surface area contributed by atoms with Crippen molar-refractivity contribution in [1.82, 2.24) is 5.32 Å². The maximum Gasteiger partial charge on any atom is 0.303 e. The van der Waals surface area contributed by atoms with Crippen molar-refractivity contribution in [2.24, 2.45) is 0 Å². The van der Waals surface area contributed by atoms with Gasteiger partial charge in [-0.3, -0.25) is 9.59 Å². The summed E-state index contributed by atoms with van der Waals surface area (Å²) in [7, 11) is 0. The van der Waals surface area contributed by atoms with Crippen LogP contribution in [0.3, 0.4) is 0 Å². The predicted octanol–water partition coefficient (Wildman–Crippen LogP) is 2.55. The minimum atomic E-state index is -0.847. The Labute approximate surface area is 129 Å². The smallest absolute Gasteiger partial charge is 0.303 e. The molecule has 1 amide bonds. The first-order chi connectivity index (χ1) is 10.0. The lowest BCUT2D eigenvalue weighted by Crippen LogP contribution is -2.34. The van der Waals surface area contributed by atoms with Crippen molar-refractivity contribution in [3.05, 3.63) is 24.3 Å². The number of benzene rings is 1. The van der Waals surface area contributed by atoms with Gasteiger partial charge in [0.25, 0.3) is 0 Å². The summed E-state index contributed by atoms with van der Waals surface area (Å²) < 4.78 is 5.35. The van der Waals surface area contributed by atoms with Gasteiger partial charge in [0.1, 0.15) is 5.75 Å². The van der Waals surface area contributed by atoms with Gasteiger partial charge in [0.05, 0.1) is 12.4 Å². The third-order valence-electron chi connectivity index (χ3n) is 2.70. The molecule has 0 bridgehead atoms. The van der Waals surface area contributed by atoms with E-state index in [1.807, 2.05) is 38.1 Å². The van der Waals surface area contributed by atoms with Crippen LogP contribution >= 0.6 is 11.8 Å². The second kappa shape index (κ2) is 9.28. The SMILES string of the molecule is CCOc1ccc(SCC(=O)NC(C)CCC(=O)O)cc1. The molecular weight excluding hydrogens is 290 g/mol. The Bertz CT molecular complexity index is 461. The van der Waals surface area contributed by atoms with Gasteiger partial charge in [0.2, 0.25) is 5.91 Å². The Morgan fingerprint density at radius 2 is 2.00 bits per heavy atom. The maximum atomic E-state index is 11.7. The average molecular weight is 311 g/mol. The van der Waals surface area contributed by atoms with Crippen LogP contribution in [0.15, 0.2) is 29.2 Å². The molecule has 0 aliphatic heterocycles. The zero-order valence-electron chi connectivity index (χ0n) is 12.3. The highest BCUT2D eigenvalue weighted by Crippen LogP contribution is 2.21. The Morgan fingerprint density at radius 1 is 1.33 bits per heavy atom. The summed E-state index contributed by atoms with van der Waals surface area (Å²) in [6, 6.07) is 7.45. The molecule has 0 aliphatic rings. The molecule has 0 aromatic heterocycles. The summed E-state index contributed by atoms with van der Waals surface area (Å²) in [5, 5.41) is 11.4. The third-order valence-corrected chi connectivity index (χ3v) is 3.72. The van der Waals surface area contributed by atoms with Gasteiger partial charge < -0.3 is 15.2 Å². The lowest BCUT2D eigenvalue weighted by atomic mass is 10.2. The predicted molar refractivity (Wildman–Crippen MR) is 82.8 cm³/mol. The number of aliphatic carboxylic acids is 1. The number of nitrogens with one attached hydrogen (secondary N) is 1. The van der Waals surface area contributed by atoms with Gasteiger partial charge in [-0.15, -0.1) is 11.8 Å². The number of amides is 1. The van der Waals surface area contributed by atoms with Crippen LogP contribution in [0.25, 0.3) is 0 Å². The molecule has 0 saturated heterocycles. The first-order valence-corrected chi connectivity index (χ1v) is 7.86. The van der Waals surface area contributed by atoms with E-state index < -0.39 is 5.97 Å². The highest BCUT2D eigenvalue weighted by molar-refractivity contribution is 8.00. The zero-order valence-corrected chi connectivity index (χ0v) is 13.1. The Balaban J connectivity index is 2.30. The summed E-state index contributed by atoms with van der Waals surface area (Å²) in [4.78, 5) is 23.2. The first kappa shape index (κ1) is 17.4. The molecule has 0 fully saturated rings. The van der Waals surface area contributed by atoms with Crippen molar-refractivity contribution in [2.75, 3.05) is 12.4 Å².